The fourth-order valence-electron chi connectivity index (χ4n) is 4.57. The summed E-state index contributed by atoms with van der Waals surface area (Å²) in [5.74, 6) is 0.201. The molecule has 1 aromatic heterocycles. The molecule has 0 bridgehead atoms. The van der Waals surface area contributed by atoms with Gasteiger partial charge in [0.2, 0.25) is 0 Å². The van der Waals surface area contributed by atoms with Crippen molar-refractivity contribution in [2.45, 2.75) is 31.8 Å². The number of aromatic nitrogens is 2. The van der Waals surface area contributed by atoms with E-state index in [0.717, 1.165) is 48.2 Å². The summed E-state index contributed by atoms with van der Waals surface area (Å²) in [5, 5.41) is 7.65. The summed E-state index contributed by atoms with van der Waals surface area (Å²) in [6.45, 7) is 3.14. The molecule has 3 aromatic rings. The highest BCUT2D eigenvalue weighted by atomic mass is 19.1. The first-order valence-corrected chi connectivity index (χ1v) is 10.9. The standard InChI is InChI=1S/C24H25F2N5O2/c1-15-12-30(14-27-15)21-6-5-16(8-23(21)32-2)24-29-33-13-22-20(4-3-7-31(22)24)28-19-10-17(25)9-18(26)11-19/h5-6,8-12,14,20,22,28H,3-4,7,13H2,1-2H3/t20?,22-/m0/s1. The van der Waals surface area contributed by atoms with Crippen molar-refractivity contribution in [3.8, 4) is 11.4 Å². The second-order valence-corrected chi connectivity index (χ2v) is 8.33. The van der Waals surface area contributed by atoms with Crippen LogP contribution in [-0.4, -0.2) is 52.6 Å². The van der Waals surface area contributed by atoms with E-state index < -0.39 is 11.6 Å². The van der Waals surface area contributed by atoms with E-state index in [0.29, 0.717) is 18.0 Å². The van der Waals surface area contributed by atoms with Crippen molar-refractivity contribution in [1.29, 1.82) is 0 Å². The maximum atomic E-state index is 13.7. The highest BCUT2D eigenvalue weighted by Gasteiger charge is 2.37. The molecule has 0 radical (unpaired) electrons. The average Bonchev–Trinajstić information content (AvgIpc) is 3.24. The van der Waals surface area contributed by atoms with Crippen LogP contribution in [-0.2, 0) is 4.84 Å². The van der Waals surface area contributed by atoms with Crippen LogP contribution >= 0.6 is 0 Å². The third-order valence-corrected chi connectivity index (χ3v) is 6.09. The predicted octanol–water partition coefficient (Wildman–Crippen LogP) is 4.10. The Morgan fingerprint density at radius 3 is 2.70 bits per heavy atom. The van der Waals surface area contributed by atoms with E-state index in [1.165, 1.54) is 12.1 Å². The number of anilines is 1. The smallest absolute Gasteiger partial charge is 0.176 e. The zero-order valence-electron chi connectivity index (χ0n) is 18.5. The number of nitrogens with zero attached hydrogens (tertiary/aromatic N) is 4. The van der Waals surface area contributed by atoms with E-state index in [1.54, 1.807) is 13.4 Å². The van der Waals surface area contributed by atoms with E-state index in [9.17, 15) is 8.78 Å². The molecule has 7 nitrogen and oxygen atoms in total. The Balaban J connectivity index is 1.41. The number of aryl methyl sites for hydroxylation is 1. The largest absolute Gasteiger partial charge is 0.495 e. The molecule has 1 unspecified atom stereocenters. The molecule has 3 heterocycles. The zero-order valence-corrected chi connectivity index (χ0v) is 18.5. The quantitative estimate of drug-likeness (QED) is 0.630. The lowest BCUT2D eigenvalue weighted by Gasteiger charge is -2.44. The summed E-state index contributed by atoms with van der Waals surface area (Å²) in [6.07, 6.45) is 5.46. The third kappa shape index (κ3) is 4.22. The van der Waals surface area contributed by atoms with Gasteiger partial charge in [-0.2, -0.15) is 0 Å². The molecule has 0 amide bonds. The van der Waals surface area contributed by atoms with Gasteiger partial charge in [0.05, 0.1) is 36.9 Å². The normalized spacial score (nSPS) is 20.0. The van der Waals surface area contributed by atoms with Crippen LogP contribution in [0.4, 0.5) is 14.5 Å². The first-order valence-electron chi connectivity index (χ1n) is 10.9. The summed E-state index contributed by atoms with van der Waals surface area (Å²) in [4.78, 5) is 12.1. The van der Waals surface area contributed by atoms with Crippen molar-refractivity contribution in [3.63, 3.8) is 0 Å². The number of ether oxygens (including phenoxy) is 1. The number of benzene rings is 2. The van der Waals surface area contributed by atoms with E-state index in [2.05, 4.69) is 20.4 Å². The van der Waals surface area contributed by atoms with Crippen LogP contribution in [0.3, 0.4) is 0 Å². The number of piperidine rings is 1. The lowest BCUT2D eigenvalue weighted by atomic mass is 9.94. The number of hydrogen-bond donors (Lipinski definition) is 1. The van der Waals surface area contributed by atoms with E-state index in [-0.39, 0.29) is 12.1 Å². The van der Waals surface area contributed by atoms with Gasteiger partial charge < -0.3 is 24.4 Å². The van der Waals surface area contributed by atoms with Crippen molar-refractivity contribution < 1.29 is 18.4 Å². The molecule has 0 spiro atoms. The zero-order chi connectivity index (χ0) is 22.9. The van der Waals surface area contributed by atoms with Crippen molar-refractivity contribution >= 4 is 11.5 Å². The fraction of sp³-hybridized carbons (Fsp3) is 0.333. The van der Waals surface area contributed by atoms with Crippen molar-refractivity contribution in [3.05, 3.63) is 71.8 Å². The summed E-state index contributed by atoms with van der Waals surface area (Å²) in [5.41, 5.74) is 3.08. The van der Waals surface area contributed by atoms with E-state index in [4.69, 9.17) is 9.57 Å². The molecule has 2 aliphatic heterocycles. The molecule has 1 fully saturated rings. The first-order chi connectivity index (χ1) is 16.0. The predicted molar refractivity (Wildman–Crippen MR) is 121 cm³/mol. The number of methoxy groups -OCH3 is 1. The Bertz CT molecular complexity index is 1180. The molecule has 1 saturated heterocycles. The average molecular weight is 453 g/mol. The number of oxime groups is 1. The second-order valence-electron chi connectivity index (χ2n) is 8.33. The fourth-order valence-corrected chi connectivity index (χ4v) is 4.57. The minimum atomic E-state index is -0.604. The Hall–Kier alpha value is -3.62. The molecule has 172 valence electrons. The topological polar surface area (TPSA) is 63.9 Å². The molecule has 0 saturated carbocycles. The van der Waals surface area contributed by atoms with Crippen LogP contribution in [0.2, 0.25) is 0 Å². The summed E-state index contributed by atoms with van der Waals surface area (Å²) in [6, 6.07) is 9.31. The van der Waals surface area contributed by atoms with Gasteiger partial charge in [0.1, 0.15) is 24.0 Å². The minimum absolute atomic E-state index is 0.0282. The number of imidazole rings is 1. The molecule has 2 aliphatic rings. The summed E-state index contributed by atoms with van der Waals surface area (Å²) >= 11 is 0. The Kier molecular flexibility index (Phi) is 5.62. The van der Waals surface area contributed by atoms with Gasteiger partial charge in [0.15, 0.2) is 5.84 Å². The van der Waals surface area contributed by atoms with Crippen LogP contribution in [0.5, 0.6) is 5.75 Å². The van der Waals surface area contributed by atoms with E-state index >= 15 is 0 Å². The summed E-state index contributed by atoms with van der Waals surface area (Å²) in [7, 11) is 1.63. The van der Waals surface area contributed by atoms with Gasteiger partial charge in [-0.1, -0.05) is 5.16 Å². The SMILES string of the molecule is COc1cc(C2=NOC[C@H]3C(Nc4cc(F)cc(F)c4)CCCN23)ccc1-n1cnc(C)c1. The molecule has 2 aromatic carbocycles. The van der Waals surface area contributed by atoms with Crippen LogP contribution in [0.25, 0.3) is 5.69 Å². The van der Waals surface area contributed by atoms with Gasteiger partial charge in [-0.15, -0.1) is 0 Å². The van der Waals surface area contributed by atoms with Crippen molar-refractivity contribution in [1.82, 2.24) is 14.5 Å². The van der Waals surface area contributed by atoms with Crippen molar-refractivity contribution in [2.75, 3.05) is 25.6 Å². The van der Waals surface area contributed by atoms with Gasteiger partial charge >= 0.3 is 0 Å². The molecular formula is C24H25F2N5O2. The van der Waals surface area contributed by atoms with Gasteiger partial charge in [0, 0.05) is 30.1 Å². The highest BCUT2D eigenvalue weighted by molar-refractivity contribution is 5.99. The Morgan fingerprint density at radius 1 is 1.15 bits per heavy atom. The lowest BCUT2D eigenvalue weighted by molar-refractivity contribution is 0.0402. The number of nitrogens with one attached hydrogen (secondary N) is 1. The summed E-state index contributed by atoms with van der Waals surface area (Å²) < 4.78 is 34.9. The van der Waals surface area contributed by atoms with Gasteiger partial charge in [-0.25, -0.2) is 13.8 Å². The number of rotatable bonds is 5. The van der Waals surface area contributed by atoms with Crippen LogP contribution in [0.15, 0.2) is 54.1 Å². The monoisotopic (exact) mass is 453 g/mol. The molecule has 33 heavy (non-hydrogen) atoms. The molecule has 5 rings (SSSR count). The molecule has 2 atom stereocenters. The minimum Gasteiger partial charge on any atom is -0.495 e. The Labute approximate surface area is 190 Å². The second kappa shape index (κ2) is 8.73. The maximum Gasteiger partial charge on any atom is 0.176 e. The molecular weight excluding hydrogens is 428 g/mol. The van der Waals surface area contributed by atoms with Crippen LogP contribution in [0, 0.1) is 18.6 Å². The number of amidine groups is 1. The van der Waals surface area contributed by atoms with Gasteiger partial charge in [-0.3, -0.25) is 0 Å². The number of fused-ring (bicyclic) bond motifs is 1. The molecule has 1 N–H and O–H groups in total. The number of hydrogen-bond acceptors (Lipinski definition) is 6. The third-order valence-electron chi connectivity index (χ3n) is 6.09. The lowest BCUT2D eigenvalue weighted by Crippen LogP contribution is -2.57. The van der Waals surface area contributed by atoms with Crippen LogP contribution < -0.4 is 10.1 Å². The van der Waals surface area contributed by atoms with E-state index in [1.807, 2.05) is 35.9 Å². The molecule has 9 heteroatoms. The van der Waals surface area contributed by atoms with Crippen LogP contribution in [0.1, 0.15) is 24.1 Å². The first kappa shape index (κ1) is 21.2. The maximum absolute atomic E-state index is 13.7. The Morgan fingerprint density at radius 2 is 1.97 bits per heavy atom. The van der Waals surface area contributed by atoms with Crippen molar-refractivity contribution in [2.24, 2.45) is 5.16 Å². The highest BCUT2D eigenvalue weighted by Crippen LogP contribution is 2.30. The molecule has 0 aliphatic carbocycles. The van der Waals surface area contributed by atoms with Gasteiger partial charge in [-0.05, 0) is 50.1 Å². The number of halogens is 2. The van der Waals surface area contributed by atoms with Gasteiger partial charge in [0.25, 0.3) is 0 Å².